The average molecular weight is 269 g/mol. The number of nitrogens with zero attached hydrogens (tertiary/aromatic N) is 2. The summed E-state index contributed by atoms with van der Waals surface area (Å²) < 4.78 is 18.5. The van der Waals surface area contributed by atoms with Crippen LogP contribution in [0.5, 0.6) is 0 Å². The summed E-state index contributed by atoms with van der Waals surface area (Å²) in [5.41, 5.74) is 0.536. The zero-order valence-electron chi connectivity index (χ0n) is 10.1. The Bertz CT molecular complexity index is 515. The molecular formula is C13H14ClFN2O. The highest BCUT2D eigenvalue weighted by Gasteiger charge is 2.15. The van der Waals surface area contributed by atoms with Crippen LogP contribution in [0.1, 0.15) is 42.4 Å². The quantitative estimate of drug-likeness (QED) is 0.773. The van der Waals surface area contributed by atoms with Crippen molar-refractivity contribution in [1.29, 1.82) is 0 Å². The Balaban J connectivity index is 2.09. The molecule has 18 heavy (non-hydrogen) atoms. The fourth-order valence-corrected chi connectivity index (χ4v) is 1.96. The van der Waals surface area contributed by atoms with Crippen LogP contribution in [0.25, 0.3) is 0 Å². The number of benzene rings is 1. The van der Waals surface area contributed by atoms with Gasteiger partial charge in [-0.15, -0.1) is 11.6 Å². The normalized spacial score (nSPS) is 12.6. The van der Waals surface area contributed by atoms with Gasteiger partial charge in [-0.2, -0.15) is 4.98 Å². The van der Waals surface area contributed by atoms with E-state index in [0.717, 1.165) is 12.8 Å². The molecule has 0 aliphatic rings. The van der Waals surface area contributed by atoms with Crippen molar-refractivity contribution in [3.8, 4) is 0 Å². The van der Waals surface area contributed by atoms with E-state index in [2.05, 4.69) is 10.1 Å². The van der Waals surface area contributed by atoms with Gasteiger partial charge in [-0.05, 0) is 18.1 Å². The van der Waals surface area contributed by atoms with E-state index in [9.17, 15) is 4.39 Å². The molecule has 1 aromatic carbocycles. The number of rotatable bonds is 5. The first-order valence-electron chi connectivity index (χ1n) is 5.90. The third kappa shape index (κ3) is 3.07. The minimum atomic E-state index is -0.270. The van der Waals surface area contributed by atoms with Crippen LogP contribution < -0.4 is 0 Å². The molecular weight excluding hydrogens is 255 g/mol. The van der Waals surface area contributed by atoms with E-state index in [-0.39, 0.29) is 17.6 Å². The van der Waals surface area contributed by atoms with Crippen LogP contribution in [-0.4, -0.2) is 10.1 Å². The van der Waals surface area contributed by atoms with E-state index in [1.54, 1.807) is 18.2 Å². The maximum atomic E-state index is 13.4. The third-order valence-corrected chi connectivity index (χ3v) is 3.02. The number of aromatic nitrogens is 2. The summed E-state index contributed by atoms with van der Waals surface area (Å²) >= 11 is 6.09. The lowest BCUT2D eigenvalue weighted by atomic mass is 10.1. The maximum absolute atomic E-state index is 13.4. The maximum Gasteiger partial charge on any atom is 0.231 e. The Hall–Kier alpha value is -1.42. The molecule has 0 aliphatic carbocycles. The molecule has 1 atom stereocenters. The minimum Gasteiger partial charge on any atom is -0.339 e. The van der Waals surface area contributed by atoms with Crippen LogP contribution in [0.3, 0.4) is 0 Å². The minimum absolute atomic E-state index is 0.242. The topological polar surface area (TPSA) is 38.9 Å². The summed E-state index contributed by atoms with van der Waals surface area (Å²) in [6.07, 6.45) is 2.03. The second kappa shape index (κ2) is 5.96. The smallest absolute Gasteiger partial charge is 0.231 e. The van der Waals surface area contributed by atoms with Gasteiger partial charge in [0, 0.05) is 0 Å². The lowest BCUT2D eigenvalue weighted by molar-refractivity contribution is 0.377. The van der Waals surface area contributed by atoms with Gasteiger partial charge < -0.3 is 4.52 Å². The second-order valence-corrected chi connectivity index (χ2v) is 4.60. The predicted octanol–water partition coefficient (Wildman–Crippen LogP) is 3.88. The first-order chi connectivity index (χ1) is 8.70. The second-order valence-electron chi connectivity index (χ2n) is 4.07. The highest BCUT2D eigenvalue weighted by molar-refractivity contribution is 6.20. The van der Waals surface area contributed by atoms with Gasteiger partial charge in [-0.3, -0.25) is 0 Å². The summed E-state index contributed by atoms with van der Waals surface area (Å²) in [6.45, 7) is 2.04. The molecule has 0 N–H and O–H groups in total. The van der Waals surface area contributed by atoms with E-state index < -0.39 is 0 Å². The Morgan fingerprint density at radius 1 is 1.39 bits per heavy atom. The van der Waals surface area contributed by atoms with Crippen molar-refractivity contribution in [1.82, 2.24) is 10.1 Å². The zero-order valence-corrected chi connectivity index (χ0v) is 10.8. The molecule has 0 radical (unpaired) electrons. The molecule has 1 aromatic heterocycles. The van der Waals surface area contributed by atoms with Crippen LogP contribution in [0.4, 0.5) is 4.39 Å². The molecule has 96 valence electrons. The van der Waals surface area contributed by atoms with E-state index in [4.69, 9.17) is 16.1 Å². The van der Waals surface area contributed by atoms with Gasteiger partial charge in [-0.1, -0.05) is 36.7 Å². The molecule has 3 nitrogen and oxygen atoms in total. The summed E-state index contributed by atoms with van der Waals surface area (Å²) in [6, 6.07) is 6.53. The molecule has 0 spiro atoms. The lowest BCUT2D eigenvalue weighted by Crippen LogP contribution is -1.95. The van der Waals surface area contributed by atoms with Crippen molar-refractivity contribution in [2.24, 2.45) is 0 Å². The van der Waals surface area contributed by atoms with Crippen LogP contribution in [0.2, 0.25) is 0 Å². The van der Waals surface area contributed by atoms with E-state index >= 15 is 0 Å². The number of hydrogen-bond acceptors (Lipinski definition) is 3. The van der Waals surface area contributed by atoms with Crippen molar-refractivity contribution >= 4 is 11.6 Å². The molecule has 0 aliphatic heterocycles. The van der Waals surface area contributed by atoms with Crippen molar-refractivity contribution in [3.05, 3.63) is 47.4 Å². The van der Waals surface area contributed by atoms with E-state index in [1.165, 1.54) is 6.07 Å². The van der Waals surface area contributed by atoms with Gasteiger partial charge in [0.2, 0.25) is 5.89 Å². The molecule has 5 heteroatoms. The highest BCUT2D eigenvalue weighted by atomic mass is 35.5. The van der Waals surface area contributed by atoms with Crippen molar-refractivity contribution in [2.75, 3.05) is 0 Å². The van der Waals surface area contributed by atoms with E-state index in [1.807, 2.05) is 6.92 Å². The largest absolute Gasteiger partial charge is 0.339 e. The fraction of sp³-hybridized carbons (Fsp3) is 0.385. The van der Waals surface area contributed by atoms with Gasteiger partial charge in [-0.25, -0.2) is 4.39 Å². The van der Waals surface area contributed by atoms with Gasteiger partial charge in [0.25, 0.3) is 0 Å². The standard InChI is InChI=1S/C13H14ClFN2O/c1-2-5-10(14)13-16-12(18-17-13)8-9-6-3-4-7-11(9)15/h3-4,6-7,10H,2,5,8H2,1H3. The van der Waals surface area contributed by atoms with Gasteiger partial charge in [0.1, 0.15) is 5.82 Å². The summed E-state index contributed by atoms with van der Waals surface area (Å²) in [7, 11) is 0. The Morgan fingerprint density at radius 2 is 2.17 bits per heavy atom. The summed E-state index contributed by atoms with van der Waals surface area (Å²) in [5, 5.41) is 3.58. The highest BCUT2D eigenvalue weighted by Crippen LogP contribution is 2.23. The molecule has 0 saturated carbocycles. The first kappa shape index (κ1) is 13.0. The summed E-state index contributed by atoms with van der Waals surface area (Å²) in [4.78, 5) is 4.19. The van der Waals surface area contributed by atoms with Crippen LogP contribution >= 0.6 is 11.6 Å². The van der Waals surface area contributed by atoms with Gasteiger partial charge in [0.15, 0.2) is 5.82 Å². The molecule has 0 bridgehead atoms. The Kier molecular flexibility index (Phi) is 4.31. The molecule has 2 rings (SSSR count). The molecule has 1 unspecified atom stereocenters. The van der Waals surface area contributed by atoms with Crippen molar-refractivity contribution in [3.63, 3.8) is 0 Å². The molecule has 1 heterocycles. The SMILES string of the molecule is CCCC(Cl)c1noc(Cc2ccccc2F)n1. The van der Waals surface area contributed by atoms with Crippen LogP contribution in [0, 0.1) is 5.82 Å². The molecule has 2 aromatic rings. The lowest BCUT2D eigenvalue weighted by Gasteiger charge is -2.00. The average Bonchev–Trinajstić information content (AvgIpc) is 2.81. The fourth-order valence-electron chi connectivity index (χ4n) is 1.65. The Morgan fingerprint density at radius 3 is 2.89 bits per heavy atom. The third-order valence-electron chi connectivity index (χ3n) is 2.61. The van der Waals surface area contributed by atoms with Crippen molar-refractivity contribution in [2.45, 2.75) is 31.6 Å². The Labute approximate surface area is 110 Å². The van der Waals surface area contributed by atoms with Crippen LogP contribution in [0.15, 0.2) is 28.8 Å². The molecule has 0 fully saturated rings. The van der Waals surface area contributed by atoms with Gasteiger partial charge in [0.05, 0.1) is 11.8 Å². The predicted molar refractivity (Wildman–Crippen MR) is 67.0 cm³/mol. The van der Waals surface area contributed by atoms with Crippen molar-refractivity contribution < 1.29 is 8.91 Å². The molecule has 0 saturated heterocycles. The monoisotopic (exact) mass is 268 g/mol. The van der Waals surface area contributed by atoms with Crippen LogP contribution in [-0.2, 0) is 6.42 Å². The molecule has 0 amide bonds. The number of alkyl halides is 1. The number of halogens is 2. The summed E-state index contributed by atoms with van der Waals surface area (Å²) in [5.74, 6) is 0.593. The van der Waals surface area contributed by atoms with Gasteiger partial charge >= 0.3 is 0 Å². The first-order valence-corrected chi connectivity index (χ1v) is 6.34. The zero-order chi connectivity index (χ0) is 13.0. The van der Waals surface area contributed by atoms with E-state index in [0.29, 0.717) is 17.3 Å². The number of hydrogen-bond donors (Lipinski definition) is 0.